The first-order chi connectivity index (χ1) is 17.0. The minimum absolute atomic E-state index is 0.828. The van der Waals surface area contributed by atoms with Gasteiger partial charge in [-0.3, -0.25) is 0 Å². The van der Waals surface area contributed by atoms with Crippen molar-refractivity contribution in [3.63, 3.8) is 0 Å². The predicted molar refractivity (Wildman–Crippen MR) is 151 cm³/mol. The van der Waals surface area contributed by atoms with Gasteiger partial charge in [0.2, 0.25) is 0 Å². The van der Waals surface area contributed by atoms with Gasteiger partial charge in [-0.2, -0.15) is 0 Å². The quantitative estimate of drug-likeness (QED) is 0.245. The van der Waals surface area contributed by atoms with Crippen LogP contribution >= 0.6 is 0 Å². The average molecular weight is 463 g/mol. The van der Waals surface area contributed by atoms with Gasteiger partial charge >= 0.3 is 0 Å². The van der Waals surface area contributed by atoms with Crippen LogP contribution in [0.5, 0.6) is 0 Å². The normalized spacial score (nSPS) is 11.0. The average Bonchev–Trinajstić information content (AvgIpc) is 2.85. The highest BCUT2D eigenvalue weighted by Crippen LogP contribution is 2.19. The number of anilines is 2. The SMILES string of the molecule is Cc1cc(CCc2ccc(N)cc2)ccc1CCCc1ccc(CCc2ccc(N)cc2)cc1C. The molecule has 0 amide bonds. The highest BCUT2D eigenvalue weighted by molar-refractivity contribution is 5.41. The molecule has 180 valence electrons. The molecule has 2 heteroatoms. The van der Waals surface area contributed by atoms with Gasteiger partial charge in [-0.1, -0.05) is 60.7 Å². The first-order valence-corrected chi connectivity index (χ1v) is 12.8. The number of hydrogen-bond acceptors (Lipinski definition) is 2. The summed E-state index contributed by atoms with van der Waals surface area (Å²) in [4.78, 5) is 0. The fourth-order valence-electron chi connectivity index (χ4n) is 4.80. The summed E-state index contributed by atoms with van der Waals surface area (Å²) in [6, 6.07) is 30.5. The fraction of sp³-hybridized carbons (Fsp3) is 0.273. The summed E-state index contributed by atoms with van der Waals surface area (Å²) in [5.74, 6) is 0. The van der Waals surface area contributed by atoms with E-state index in [-0.39, 0.29) is 0 Å². The van der Waals surface area contributed by atoms with Gasteiger partial charge in [0.15, 0.2) is 0 Å². The van der Waals surface area contributed by atoms with Gasteiger partial charge in [-0.05, 0) is 128 Å². The zero-order valence-electron chi connectivity index (χ0n) is 21.2. The molecule has 0 atom stereocenters. The first kappa shape index (κ1) is 24.6. The van der Waals surface area contributed by atoms with E-state index in [1.807, 2.05) is 24.3 Å². The molecule has 0 radical (unpaired) electrons. The molecule has 0 aliphatic carbocycles. The second kappa shape index (κ2) is 11.8. The summed E-state index contributed by atoms with van der Waals surface area (Å²) in [6.45, 7) is 4.51. The van der Waals surface area contributed by atoms with E-state index in [1.165, 1.54) is 50.9 Å². The zero-order valence-corrected chi connectivity index (χ0v) is 21.2. The minimum atomic E-state index is 0.828. The smallest absolute Gasteiger partial charge is 0.0314 e. The molecule has 4 aromatic carbocycles. The van der Waals surface area contributed by atoms with Crippen LogP contribution in [-0.4, -0.2) is 0 Å². The van der Waals surface area contributed by atoms with E-state index >= 15 is 0 Å². The van der Waals surface area contributed by atoms with Gasteiger partial charge < -0.3 is 11.5 Å². The van der Waals surface area contributed by atoms with Crippen LogP contribution in [0.25, 0.3) is 0 Å². The van der Waals surface area contributed by atoms with Crippen LogP contribution in [0.4, 0.5) is 11.4 Å². The van der Waals surface area contributed by atoms with Gasteiger partial charge in [0.25, 0.3) is 0 Å². The van der Waals surface area contributed by atoms with E-state index in [0.717, 1.165) is 49.9 Å². The van der Waals surface area contributed by atoms with E-state index in [2.05, 4.69) is 74.5 Å². The number of hydrogen-bond donors (Lipinski definition) is 2. The molecule has 4 N–H and O–H groups in total. The van der Waals surface area contributed by atoms with E-state index in [0.29, 0.717) is 0 Å². The molecule has 0 aliphatic rings. The van der Waals surface area contributed by atoms with Crippen LogP contribution in [-0.2, 0) is 38.5 Å². The van der Waals surface area contributed by atoms with E-state index in [1.54, 1.807) is 0 Å². The molecule has 0 spiro atoms. The van der Waals surface area contributed by atoms with Crippen molar-refractivity contribution in [2.45, 2.75) is 58.8 Å². The Bertz CT molecular complexity index is 1140. The number of aryl methyl sites for hydroxylation is 8. The van der Waals surface area contributed by atoms with Crippen molar-refractivity contribution >= 4 is 11.4 Å². The van der Waals surface area contributed by atoms with Crippen LogP contribution in [0.3, 0.4) is 0 Å². The summed E-state index contributed by atoms with van der Waals surface area (Å²) in [5, 5.41) is 0. The van der Waals surface area contributed by atoms with Crippen molar-refractivity contribution in [1.82, 2.24) is 0 Å². The third-order valence-corrected chi connectivity index (χ3v) is 7.07. The number of rotatable bonds is 10. The standard InChI is InChI=1S/C33H38N2/c1-24-22-28(8-6-26-12-18-32(34)19-13-26)10-16-30(24)4-3-5-31-17-11-29(23-25(31)2)9-7-27-14-20-33(35)21-15-27/h10-23H,3-9,34-35H2,1-2H3. The van der Waals surface area contributed by atoms with Crippen molar-refractivity contribution in [1.29, 1.82) is 0 Å². The third-order valence-electron chi connectivity index (χ3n) is 7.07. The first-order valence-electron chi connectivity index (χ1n) is 12.8. The lowest BCUT2D eigenvalue weighted by atomic mass is 9.94. The molecule has 0 bridgehead atoms. The number of nitrogen functional groups attached to an aromatic ring is 2. The Morgan fingerprint density at radius 2 is 0.771 bits per heavy atom. The van der Waals surface area contributed by atoms with Crippen LogP contribution in [0.15, 0.2) is 84.9 Å². The van der Waals surface area contributed by atoms with E-state index in [9.17, 15) is 0 Å². The molecular formula is C33H38N2. The zero-order chi connectivity index (χ0) is 24.6. The summed E-state index contributed by atoms with van der Waals surface area (Å²) >= 11 is 0. The second-order valence-electron chi connectivity index (χ2n) is 9.86. The van der Waals surface area contributed by atoms with Crippen LogP contribution in [0, 0.1) is 13.8 Å². The van der Waals surface area contributed by atoms with Gasteiger partial charge in [-0.25, -0.2) is 0 Å². The predicted octanol–water partition coefficient (Wildman–Crippen LogP) is 7.21. The summed E-state index contributed by atoms with van der Waals surface area (Å²) in [5.41, 5.74) is 24.5. The highest BCUT2D eigenvalue weighted by atomic mass is 14.5. The molecule has 4 aromatic rings. The van der Waals surface area contributed by atoms with Gasteiger partial charge in [-0.15, -0.1) is 0 Å². The Balaban J connectivity index is 1.25. The largest absolute Gasteiger partial charge is 0.399 e. The lowest BCUT2D eigenvalue weighted by molar-refractivity contribution is 0.809. The molecule has 0 fully saturated rings. The van der Waals surface area contributed by atoms with Crippen LogP contribution < -0.4 is 11.5 Å². The molecule has 0 unspecified atom stereocenters. The summed E-state index contributed by atoms with van der Waals surface area (Å²) in [7, 11) is 0. The molecule has 0 saturated heterocycles. The molecule has 0 aliphatic heterocycles. The maximum Gasteiger partial charge on any atom is 0.0314 e. The molecule has 4 rings (SSSR count). The van der Waals surface area contributed by atoms with Crippen molar-refractivity contribution < 1.29 is 0 Å². The summed E-state index contributed by atoms with van der Waals surface area (Å²) in [6.07, 6.45) is 7.66. The van der Waals surface area contributed by atoms with Gasteiger partial charge in [0.05, 0.1) is 0 Å². The maximum atomic E-state index is 5.80. The van der Waals surface area contributed by atoms with Gasteiger partial charge in [0.1, 0.15) is 0 Å². The molecule has 2 nitrogen and oxygen atoms in total. The second-order valence-corrected chi connectivity index (χ2v) is 9.86. The molecule has 35 heavy (non-hydrogen) atoms. The molecule has 0 heterocycles. The topological polar surface area (TPSA) is 52.0 Å². The van der Waals surface area contributed by atoms with Crippen LogP contribution in [0.2, 0.25) is 0 Å². The lowest BCUT2D eigenvalue weighted by Gasteiger charge is -2.11. The molecule has 0 saturated carbocycles. The fourth-order valence-corrected chi connectivity index (χ4v) is 4.80. The Morgan fingerprint density at radius 3 is 1.14 bits per heavy atom. The molecule has 0 aromatic heterocycles. The van der Waals surface area contributed by atoms with Crippen LogP contribution in [0.1, 0.15) is 50.9 Å². The van der Waals surface area contributed by atoms with Crippen molar-refractivity contribution in [2.24, 2.45) is 0 Å². The maximum absolute atomic E-state index is 5.80. The number of benzene rings is 4. The Hall–Kier alpha value is -3.52. The molecular weight excluding hydrogens is 424 g/mol. The van der Waals surface area contributed by atoms with Crippen molar-refractivity contribution in [3.8, 4) is 0 Å². The monoisotopic (exact) mass is 462 g/mol. The van der Waals surface area contributed by atoms with Crippen molar-refractivity contribution in [3.05, 3.63) is 129 Å². The number of nitrogens with two attached hydrogens (primary N) is 2. The highest BCUT2D eigenvalue weighted by Gasteiger charge is 2.05. The van der Waals surface area contributed by atoms with Gasteiger partial charge in [0, 0.05) is 11.4 Å². The third kappa shape index (κ3) is 7.23. The Kier molecular flexibility index (Phi) is 8.26. The summed E-state index contributed by atoms with van der Waals surface area (Å²) < 4.78 is 0. The van der Waals surface area contributed by atoms with Crippen molar-refractivity contribution in [2.75, 3.05) is 11.5 Å². The van der Waals surface area contributed by atoms with E-state index in [4.69, 9.17) is 11.5 Å². The Morgan fingerprint density at radius 1 is 0.429 bits per heavy atom. The Labute approximate surface area is 211 Å². The minimum Gasteiger partial charge on any atom is -0.399 e. The van der Waals surface area contributed by atoms with E-state index < -0.39 is 0 Å². The lowest BCUT2D eigenvalue weighted by Crippen LogP contribution is -1.98.